The van der Waals surface area contributed by atoms with E-state index in [0.29, 0.717) is 6.61 Å². The summed E-state index contributed by atoms with van der Waals surface area (Å²) in [5, 5.41) is 4.44. The van der Waals surface area contributed by atoms with Crippen LogP contribution in [0.2, 0.25) is 0 Å². The van der Waals surface area contributed by atoms with Crippen LogP contribution in [-0.2, 0) is 11.3 Å². The van der Waals surface area contributed by atoms with E-state index in [0.717, 1.165) is 42.1 Å². The van der Waals surface area contributed by atoms with Crippen molar-refractivity contribution in [3.8, 4) is 17.1 Å². The first-order chi connectivity index (χ1) is 12.8. The molecule has 1 aliphatic rings. The summed E-state index contributed by atoms with van der Waals surface area (Å²) in [6.07, 6.45) is 6.86. The maximum absolute atomic E-state index is 5.85. The van der Waals surface area contributed by atoms with Crippen LogP contribution < -0.4 is 4.74 Å². The van der Waals surface area contributed by atoms with E-state index in [1.807, 2.05) is 22.9 Å². The summed E-state index contributed by atoms with van der Waals surface area (Å²) >= 11 is 0. The van der Waals surface area contributed by atoms with Gasteiger partial charge in [0.1, 0.15) is 12.4 Å². The van der Waals surface area contributed by atoms with Gasteiger partial charge in [-0.2, -0.15) is 5.10 Å². The topological polar surface area (TPSA) is 49.2 Å². The zero-order valence-electron chi connectivity index (χ0n) is 15.0. The number of hydrogen-bond acceptors (Lipinski definition) is 4. The molecule has 1 atom stereocenters. The van der Waals surface area contributed by atoms with E-state index in [1.54, 1.807) is 12.4 Å². The van der Waals surface area contributed by atoms with Gasteiger partial charge in [0.05, 0.1) is 17.6 Å². The summed E-state index contributed by atoms with van der Waals surface area (Å²) in [6, 6.07) is 14.3. The molecule has 0 spiro atoms. The monoisotopic (exact) mass is 349 g/mol. The van der Waals surface area contributed by atoms with Crippen molar-refractivity contribution in [1.29, 1.82) is 0 Å². The van der Waals surface area contributed by atoms with Gasteiger partial charge in [-0.3, -0.25) is 4.98 Å². The largest absolute Gasteiger partial charge is 0.487 e. The van der Waals surface area contributed by atoms with Gasteiger partial charge in [0.25, 0.3) is 0 Å². The Morgan fingerprint density at radius 3 is 2.73 bits per heavy atom. The van der Waals surface area contributed by atoms with Crippen molar-refractivity contribution in [2.75, 3.05) is 6.61 Å². The summed E-state index contributed by atoms with van der Waals surface area (Å²) in [7, 11) is 0. The lowest BCUT2D eigenvalue weighted by molar-refractivity contribution is -0.0384. The molecule has 1 saturated heterocycles. The van der Waals surface area contributed by atoms with E-state index in [4.69, 9.17) is 9.47 Å². The Morgan fingerprint density at radius 2 is 2.00 bits per heavy atom. The lowest BCUT2D eigenvalue weighted by Gasteiger charge is -2.24. The van der Waals surface area contributed by atoms with Gasteiger partial charge in [-0.05, 0) is 49.9 Å². The molecule has 5 nitrogen and oxygen atoms in total. The molecule has 0 amide bonds. The molecular formula is C21H23N3O2. The first-order valence-electron chi connectivity index (χ1n) is 9.09. The van der Waals surface area contributed by atoms with Crippen LogP contribution in [0, 0.1) is 6.92 Å². The fraction of sp³-hybridized carbons (Fsp3) is 0.333. The number of aryl methyl sites for hydroxylation is 1. The number of benzene rings is 1. The molecule has 1 aliphatic heterocycles. The predicted molar refractivity (Wildman–Crippen MR) is 99.8 cm³/mol. The van der Waals surface area contributed by atoms with Gasteiger partial charge >= 0.3 is 0 Å². The second kappa shape index (κ2) is 7.70. The molecule has 0 N–H and O–H groups in total. The first kappa shape index (κ1) is 16.8. The lowest BCUT2D eigenvalue weighted by atomic mass is 10.2. The molecule has 3 aromatic rings. The Bertz CT molecular complexity index is 834. The Hall–Kier alpha value is -2.66. The molecule has 4 rings (SSSR count). The summed E-state index contributed by atoms with van der Waals surface area (Å²) in [5.74, 6) is 0.759. The molecule has 1 fully saturated rings. The van der Waals surface area contributed by atoms with Gasteiger partial charge in [0, 0.05) is 12.8 Å². The molecule has 5 heteroatoms. The molecule has 1 aromatic carbocycles. The Kier molecular flexibility index (Phi) is 4.97. The molecule has 0 bridgehead atoms. The van der Waals surface area contributed by atoms with Crippen molar-refractivity contribution in [3.63, 3.8) is 0 Å². The highest BCUT2D eigenvalue weighted by atomic mass is 16.5. The van der Waals surface area contributed by atoms with Crippen LogP contribution in [0.4, 0.5) is 0 Å². The van der Waals surface area contributed by atoms with E-state index >= 15 is 0 Å². The number of hydrogen-bond donors (Lipinski definition) is 0. The predicted octanol–water partition coefficient (Wildman–Crippen LogP) is 4.53. The van der Waals surface area contributed by atoms with Crippen LogP contribution in [0.15, 0.2) is 54.9 Å². The van der Waals surface area contributed by atoms with Crippen molar-refractivity contribution >= 4 is 0 Å². The second-order valence-electron chi connectivity index (χ2n) is 6.64. The van der Waals surface area contributed by atoms with Crippen LogP contribution in [0.5, 0.6) is 5.75 Å². The van der Waals surface area contributed by atoms with Crippen LogP contribution in [-0.4, -0.2) is 21.4 Å². The third-order valence-electron chi connectivity index (χ3n) is 4.62. The van der Waals surface area contributed by atoms with E-state index < -0.39 is 0 Å². The van der Waals surface area contributed by atoms with E-state index in [9.17, 15) is 0 Å². The Morgan fingerprint density at radius 1 is 1.12 bits per heavy atom. The normalized spacial score (nSPS) is 17.2. The van der Waals surface area contributed by atoms with Gasteiger partial charge in [0.15, 0.2) is 6.23 Å². The summed E-state index contributed by atoms with van der Waals surface area (Å²) in [5.41, 5.74) is 4.24. The number of ether oxygens (including phenoxy) is 2. The summed E-state index contributed by atoms with van der Waals surface area (Å²) in [4.78, 5) is 4.56. The van der Waals surface area contributed by atoms with Crippen molar-refractivity contribution in [3.05, 3.63) is 66.0 Å². The Labute approximate surface area is 153 Å². The molecule has 0 aliphatic carbocycles. The molecule has 2 aromatic heterocycles. The van der Waals surface area contributed by atoms with Crippen molar-refractivity contribution in [1.82, 2.24) is 14.8 Å². The zero-order valence-corrected chi connectivity index (χ0v) is 15.0. The van der Waals surface area contributed by atoms with Gasteiger partial charge < -0.3 is 9.47 Å². The van der Waals surface area contributed by atoms with Crippen molar-refractivity contribution in [2.45, 2.75) is 39.0 Å². The van der Waals surface area contributed by atoms with E-state index in [-0.39, 0.29) is 6.23 Å². The highest BCUT2D eigenvalue weighted by Gasteiger charge is 2.19. The van der Waals surface area contributed by atoms with Gasteiger partial charge in [0.2, 0.25) is 0 Å². The van der Waals surface area contributed by atoms with Crippen LogP contribution in [0.1, 0.15) is 36.6 Å². The van der Waals surface area contributed by atoms with Crippen LogP contribution >= 0.6 is 0 Å². The average molecular weight is 349 g/mol. The number of pyridine rings is 1. The molecule has 0 saturated carbocycles. The highest BCUT2D eigenvalue weighted by Crippen LogP contribution is 2.28. The first-order valence-corrected chi connectivity index (χ1v) is 9.09. The summed E-state index contributed by atoms with van der Waals surface area (Å²) in [6.45, 7) is 3.41. The van der Waals surface area contributed by atoms with Crippen molar-refractivity contribution < 1.29 is 9.47 Å². The fourth-order valence-electron chi connectivity index (χ4n) is 3.13. The number of nitrogens with zero attached hydrogens (tertiary/aromatic N) is 3. The van der Waals surface area contributed by atoms with Crippen LogP contribution in [0.3, 0.4) is 0 Å². The second-order valence-corrected chi connectivity index (χ2v) is 6.64. The minimum atomic E-state index is 0.00742. The maximum atomic E-state index is 5.85. The minimum Gasteiger partial charge on any atom is -0.487 e. The third-order valence-corrected chi connectivity index (χ3v) is 4.62. The third kappa shape index (κ3) is 3.78. The summed E-state index contributed by atoms with van der Waals surface area (Å²) < 4.78 is 13.6. The highest BCUT2D eigenvalue weighted by molar-refractivity contribution is 5.54. The van der Waals surface area contributed by atoms with Crippen LogP contribution in [0.25, 0.3) is 11.4 Å². The molecule has 26 heavy (non-hydrogen) atoms. The van der Waals surface area contributed by atoms with Gasteiger partial charge in [-0.25, -0.2) is 4.68 Å². The molecule has 134 valence electrons. The van der Waals surface area contributed by atoms with Gasteiger partial charge in [-0.15, -0.1) is 0 Å². The minimum absolute atomic E-state index is 0.00742. The molecule has 0 radical (unpaired) electrons. The fourth-order valence-corrected chi connectivity index (χ4v) is 3.13. The smallest absolute Gasteiger partial charge is 0.150 e. The molecule has 3 heterocycles. The van der Waals surface area contributed by atoms with E-state index in [1.165, 1.54) is 12.0 Å². The lowest BCUT2D eigenvalue weighted by Crippen LogP contribution is -2.20. The number of aromatic nitrogens is 3. The SMILES string of the molecule is Cc1ccc(COc2ccc(-c3ccnn3C3CCCCO3)nc2)cc1. The van der Waals surface area contributed by atoms with Gasteiger partial charge in [-0.1, -0.05) is 29.8 Å². The quantitative estimate of drug-likeness (QED) is 0.679. The Balaban J connectivity index is 1.44. The van der Waals surface area contributed by atoms with E-state index in [2.05, 4.69) is 41.3 Å². The average Bonchev–Trinajstić information content (AvgIpc) is 3.18. The zero-order chi connectivity index (χ0) is 17.8. The van der Waals surface area contributed by atoms with Crippen molar-refractivity contribution in [2.24, 2.45) is 0 Å². The standard InChI is InChI=1S/C21H23N3O2/c1-16-5-7-17(8-6-16)15-26-18-9-10-19(22-14-18)20-11-12-23-24(20)21-4-2-3-13-25-21/h5-12,14,21H,2-4,13,15H2,1H3. The number of rotatable bonds is 5. The molecule has 1 unspecified atom stereocenters. The molecular weight excluding hydrogens is 326 g/mol. The maximum Gasteiger partial charge on any atom is 0.150 e.